The number of aromatic amines is 1. The third kappa shape index (κ3) is 4.74. The van der Waals surface area contributed by atoms with Gasteiger partial charge in [-0.3, -0.25) is 9.59 Å². The van der Waals surface area contributed by atoms with Crippen LogP contribution in [0, 0.1) is 6.92 Å². The van der Waals surface area contributed by atoms with Gasteiger partial charge in [0.25, 0.3) is 11.5 Å². The van der Waals surface area contributed by atoms with E-state index in [0.29, 0.717) is 17.9 Å². The number of carbonyl (C=O) groups is 1. The Morgan fingerprint density at radius 2 is 1.64 bits per heavy atom. The molecule has 8 heteroatoms. The van der Waals surface area contributed by atoms with E-state index in [-0.39, 0.29) is 16.5 Å². The van der Waals surface area contributed by atoms with Crippen LogP contribution in [-0.4, -0.2) is 10.9 Å². The van der Waals surface area contributed by atoms with Crippen LogP contribution in [0.3, 0.4) is 0 Å². The van der Waals surface area contributed by atoms with E-state index in [1.54, 1.807) is 24.3 Å². The molecule has 0 saturated heterocycles. The maximum atomic E-state index is 13.3. The Hall–Kier alpha value is -4.07. The third-order valence-corrected chi connectivity index (χ3v) is 5.34. The minimum atomic E-state index is -4.63. The van der Waals surface area contributed by atoms with E-state index < -0.39 is 23.2 Å². The van der Waals surface area contributed by atoms with Gasteiger partial charge in [0.2, 0.25) is 0 Å². The molecule has 0 unspecified atom stereocenters. The number of amides is 1. The Labute approximate surface area is 187 Å². The molecule has 3 N–H and O–H groups in total. The molecule has 4 rings (SSSR count). The fraction of sp³-hybridized carbons (Fsp3) is 0.120. The van der Waals surface area contributed by atoms with Crippen LogP contribution in [0.5, 0.6) is 0 Å². The minimum Gasteiger partial charge on any atom is -0.379 e. The van der Waals surface area contributed by atoms with Crippen molar-refractivity contribution in [2.24, 2.45) is 0 Å². The van der Waals surface area contributed by atoms with Gasteiger partial charge in [-0.1, -0.05) is 48.5 Å². The molecule has 0 saturated carbocycles. The molecule has 5 nitrogen and oxygen atoms in total. The molecule has 0 fully saturated rings. The average molecular weight is 451 g/mol. The highest BCUT2D eigenvalue weighted by Gasteiger charge is 2.33. The number of halogens is 3. The molecular formula is C25H20F3N3O2. The van der Waals surface area contributed by atoms with Gasteiger partial charge >= 0.3 is 6.18 Å². The molecule has 1 heterocycles. The molecule has 0 aliphatic rings. The molecule has 4 aromatic rings. The Balaban J connectivity index is 1.61. The zero-order valence-electron chi connectivity index (χ0n) is 17.6. The molecule has 0 bridgehead atoms. The van der Waals surface area contributed by atoms with Crippen molar-refractivity contribution < 1.29 is 18.0 Å². The lowest BCUT2D eigenvalue weighted by molar-refractivity contribution is -0.136. The smallest absolute Gasteiger partial charge is 0.379 e. The lowest BCUT2D eigenvalue weighted by Crippen LogP contribution is -2.24. The molecule has 33 heavy (non-hydrogen) atoms. The lowest BCUT2D eigenvalue weighted by Gasteiger charge is -2.14. The van der Waals surface area contributed by atoms with E-state index in [4.69, 9.17) is 0 Å². The van der Waals surface area contributed by atoms with E-state index in [9.17, 15) is 22.8 Å². The standard InChI is InChI=1S/C25H20F3N3O2/c1-15-7-2-3-8-17(15)14-29-20-11-4-5-12-21(20)30-23(32)18-13-16-9-6-10-19(25(26,27)28)22(16)31-24(18)33/h2-13,29H,14H2,1H3,(H,30,32)(H,31,33). The van der Waals surface area contributed by atoms with Crippen molar-refractivity contribution in [3.05, 3.63) is 105 Å². The Bertz CT molecular complexity index is 1390. The molecule has 0 radical (unpaired) electrons. The van der Waals surface area contributed by atoms with Gasteiger partial charge in [-0.15, -0.1) is 0 Å². The molecular weight excluding hydrogens is 431 g/mol. The van der Waals surface area contributed by atoms with Gasteiger partial charge in [0, 0.05) is 6.54 Å². The first-order chi connectivity index (χ1) is 15.7. The number of para-hydroxylation sites is 3. The number of alkyl halides is 3. The fourth-order valence-electron chi connectivity index (χ4n) is 3.57. The molecule has 0 spiro atoms. The summed E-state index contributed by atoms with van der Waals surface area (Å²) in [5.74, 6) is -0.722. The summed E-state index contributed by atoms with van der Waals surface area (Å²) in [6.07, 6.45) is -4.63. The number of H-pyrrole nitrogens is 1. The Morgan fingerprint density at radius 1 is 0.939 bits per heavy atom. The number of anilines is 2. The van der Waals surface area contributed by atoms with Crippen molar-refractivity contribution in [2.45, 2.75) is 19.6 Å². The first-order valence-corrected chi connectivity index (χ1v) is 10.2. The molecule has 0 aliphatic heterocycles. The number of pyridine rings is 1. The quantitative estimate of drug-likeness (QED) is 0.363. The molecule has 0 aliphatic carbocycles. The maximum absolute atomic E-state index is 13.3. The molecule has 0 atom stereocenters. The van der Waals surface area contributed by atoms with Crippen LogP contribution in [0.1, 0.15) is 27.0 Å². The number of nitrogens with one attached hydrogen (secondary N) is 3. The summed E-state index contributed by atoms with van der Waals surface area (Å²) in [7, 11) is 0. The number of fused-ring (bicyclic) bond motifs is 1. The van der Waals surface area contributed by atoms with Gasteiger partial charge in [-0.25, -0.2) is 0 Å². The number of rotatable bonds is 5. The maximum Gasteiger partial charge on any atom is 0.418 e. The number of hydrogen-bond acceptors (Lipinski definition) is 3. The van der Waals surface area contributed by atoms with Crippen molar-refractivity contribution in [1.29, 1.82) is 0 Å². The summed E-state index contributed by atoms with van der Waals surface area (Å²) in [5.41, 5.74) is 0.794. The van der Waals surface area contributed by atoms with Crippen LogP contribution in [0.25, 0.3) is 10.9 Å². The van der Waals surface area contributed by atoms with Gasteiger partial charge in [-0.2, -0.15) is 13.2 Å². The first kappa shape index (κ1) is 22.1. The summed E-state index contributed by atoms with van der Waals surface area (Å²) in [5, 5.41) is 6.07. The van der Waals surface area contributed by atoms with E-state index in [2.05, 4.69) is 15.6 Å². The second-order valence-corrected chi connectivity index (χ2v) is 7.56. The molecule has 168 valence electrons. The van der Waals surface area contributed by atoms with Crippen molar-refractivity contribution in [2.75, 3.05) is 10.6 Å². The van der Waals surface area contributed by atoms with Crippen molar-refractivity contribution >= 4 is 28.2 Å². The second-order valence-electron chi connectivity index (χ2n) is 7.56. The summed E-state index contributed by atoms with van der Waals surface area (Å²) in [4.78, 5) is 27.6. The molecule has 3 aromatic carbocycles. The van der Waals surface area contributed by atoms with E-state index >= 15 is 0 Å². The van der Waals surface area contributed by atoms with Crippen LogP contribution in [0.4, 0.5) is 24.5 Å². The van der Waals surface area contributed by atoms with Crippen molar-refractivity contribution in [1.82, 2.24) is 4.98 Å². The van der Waals surface area contributed by atoms with Crippen LogP contribution in [0.15, 0.2) is 77.6 Å². The monoisotopic (exact) mass is 451 g/mol. The van der Waals surface area contributed by atoms with Crippen LogP contribution in [-0.2, 0) is 12.7 Å². The summed E-state index contributed by atoms with van der Waals surface area (Å²) in [6.45, 7) is 2.53. The van der Waals surface area contributed by atoms with Gasteiger partial charge in [-0.05, 0) is 47.7 Å². The van der Waals surface area contributed by atoms with Gasteiger partial charge < -0.3 is 15.6 Å². The van der Waals surface area contributed by atoms with Crippen molar-refractivity contribution in [3.63, 3.8) is 0 Å². The van der Waals surface area contributed by atoms with Crippen molar-refractivity contribution in [3.8, 4) is 0 Å². The van der Waals surface area contributed by atoms with Crippen LogP contribution in [0.2, 0.25) is 0 Å². The number of aromatic nitrogens is 1. The zero-order chi connectivity index (χ0) is 23.6. The third-order valence-electron chi connectivity index (χ3n) is 5.34. The van der Waals surface area contributed by atoms with Gasteiger partial charge in [0.15, 0.2) is 0 Å². The second kappa shape index (κ2) is 8.82. The number of benzene rings is 3. The highest BCUT2D eigenvalue weighted by atomic mass is 19.4. The van der Waals surface area contributed by atoms with Gasteiger partial charge in [0.05, 0.1) is 22.5 Å². The summed E-state index contributed by atoms with van der Waals surface area (Å²) >= 11 is 0. The SMILES string of the molecule is Cc1ccccc1CNc1ccccc1NC(=O)c1cc2cccc(C(F)(F)F)c2[nH]c1=O. The summed E-state index contributed by atoms with van der Waals surface area (Å²) in [6, 6.07) is 19.6. The topological polar surface area (TPSA) is 74.0 Å². The highest BCUT2D eigenvalue weighted by molar-refractivity contribution is 6.07. The first-order valence-electron chi connectivity index (χ1n) is 10.2. The predicted molar refractivity (Wildman–Crippen MR) is 122 cm³/mol. The van der Waals surface area contributed by atoms with Gasteiger partial charge in [0.1, 0.15) is 5.56 Å². The number of hydrogen-bond donors (Lipinski definition) is 3. The Kier molecular flexibility index (Phi) is 5.91. The highest BCUT2D eigenvalue weighted by Crippen LogP contribution is 2.33. The van der Waals surface area contributed by atoms with Crippen LogP contribution >= 0.6 is 0 Å². The Morgan fingerprint density at radius 3 is 2.36 bits per heavy atom. The fourth-order valence-corrected chi connectivity index (χ4v) is 3.57. The number of aryl methyl sites for hydroxylation is 1. The van der Waals surface area contributed by atoms with Crippen LogP contribution < -0.4 is 16.2 Å². The molecule has 1 aromatic heterocycles. The van der Waals surface area contributed by atoms with E-state index in [1.807, 2.05) is 31.2 Å². The van der Waals surface area contributed by atoms with E-state index in [1.165, 1.54) is 18.2 Å². The zero-order valence-corrected chi connectivity index (χ0v) is 17.6. The molecule has 1 amide bonds. The summed E-state index contributed by atoms with van der Waals surface area (Å²) < 4.78 is 39.8. The lowest BCUT2D eigenvalue weighted by atomic mass is 10.1. The largest absolute Gasteiger partial charge is 0.418 e. The average Bonchev–Trinajstić information content (AvgIpc) is 2.78. The number of carbonyl (C=O) groups excluding carboxylic acids is 1. The van der Waals surface area contributed by atoms with E-state index in [0.717, 1.165) is 17.2 Å². The normalized spacial score (nSPS) is 11.4. The predicted octanol–water partition coefficient (Wildman–Crippen LogP) is 5.72. The minimum absolute atomic E-state index is 0.112.